The van der Waals surface area contributed by atoms with E-state index in [2.05, 4.69) is 0 Å². The average molecular weight is 488 g/mol. The fraction of sp³-hybridized carbons (Fsp3) is 0.222. The summed E-state index contributed by atoms with van der Waals surface area (Å²) in [6.45, 7) is 3.02. The Morgan fingerprint density at radius 3 is 2.08 bits per heavy atom. The molecule has 4 rings (SSSR count). The molecule has 2 amide bonds. The van der Waals surface area contributed by atoms with Gasteiger partial charge in [0.1, 0.15) is 0 Å². The summed E-state index contributed by atoms with van der Waals surface area (Å²) < 4.78 is 11.7. The summed E-state index contributed by atoms with van der Waals surface area (Å²) in [4.78, 5) is 62.5. The van der Waals surface area contributed by atoms with Crippen LogP contribution in [0.3, 0.4) is 0 Å². The first kappa shape index (κ1) is 24.6. The van der Waals surface area contributed by atoms with Crippen molar-refractivity contribution < 1.29 is 33.4 Å². The van der Waals surface area contributed by atoms with Crippen LogP contribution in [0.25, 0.3) is 5.69 Å². The number of esters is 2. The molecule has 0 saturated heterocycles. The van der Waals surface area contributed by atoms with Gasteiger partial charge in [-0.2, -0.15) is 0 Å². The van der Waals surface area contributed by atoms with E-state index in [-0.39, 0.29) is 18.7 Å². The third kappa shape index (κ3) is 4.55. The topological polar surface area (TPSA) is 112 Å². The van der Waals surface area contributed by atoms with Crippen molar-refractivity contribution in [2.24, 2.45) is 0 Å². The lowest BCUT2D eigenvalue weighted by Gasteiger charge is -2.13. The number of benzene rings is 2. The molecule has 3 aromatic rings. The van der Waals surface area contributed by atoms with Gasteiger partial charge in [-0.05, 0) is 56.3 Å². The van der Waals surface area contributed by atoms with Crippen molar-refractivity contribution in [1.29, 1.82) is 0 Å². The number of amides is 2. The number of ketones is 1. The third-order valence-electron chi connectivity index (χ3n) is 6.06. The van der Waals surface area contributed by atoms with Gasteiger partial charge in [-0.3, -0.25) is 24.1 Å². The Bertz CT molecular complexity index is 1350. The van der Waals surface area contributed by atoms with Crippen molar-refractivity contribution in [2.75, 3.05) is 20.3 Å². The first-order valence-corrected chi connectivity index (χ1v) is 11.2. The van der Waals surface area contributed by atoms with Gasteiger partial charge in [0.2, 0.25) is 5.78 Å². The van der Waals surface area contributed by atoms with Crippen LogP contribution in [0.1, 0.15) is 59.2 Å². The number of aryl methyl sites for hydroxylation is 1. The molecule has 0 unspecified atom stereocenters. The molecule has 2 heterocycles. The van der Waals surface area contributed by atoms with Crippen LogP contribution >= 0.6 is 0 Å². The molecule has 1 aliphatic heterocycles. The summed E-state index contributed by atoms with van der Waals surface area (Å²) >= 11 is 0. The van der Waals surface area contributed by atoms with E-state index in [4.69, 9.17) is 9.47 Å². The van der Waals surface area contributed by atoms with Gasteiger partial charge in [0.15, 0.2) is 6.61 Å². The van der Waals surface area contributed by atoms with Crippen LogP contribution in [0, 0.1) is 13.8 Å². The molecule has 0 aliphatic carbocycles. The first-order valence-electron chi connectivity index (χ1n) is 11.2. The fourth-order valence-corrected chi connectivity index (χ4v) is 4.25. The van der Waals surface area contributed by atoms with E-state index in [9.17, 15) is 24.0 Å². The second kappa shape index (κ2) is 9.99. The highest BCUT2D eigenvalue weighted by molar-refractivity contribution is 6.21. The minimum atomic E-state index is -0.688. The van der Waals surface area contributed by atoms with Crippen molar-refractivity contribution in [1.82, 2.24) is 9.47 Å². The number of imide groups is 1. The molecular formula is C27H24N2O7. The van der Waals surface area contributed by atoms with Crippen molar-refractivity contribution >= 4 is 29.5 Å². The monoisotopic (exact) mass is 488 g/mol. The highest BCUT2D eigenvalue weighted by Gasteiger charge is 2.35. The highest BCUT2D eigenvalue weighted by Crippen LogP contribution is 2.23. The molecule has 0 N–H and O–H groups in total. The van der Waals surface area contributed by atoms with Crippen molar-refractivity contribution in [3.05, 3.63) is 88.2 Å². The van der Waals surface area contributed by atoms with E-state index in [1.807, 2.05) is 11.5 Å². The average Bonchev–Trinajstić information content (AvgIpc) is 3.32. The van der Waals surface area contributed by atoms with E-state index in [1.54, 1.807) is 61.5 Å². The summed E-state index contributed by atoms with van der Waals surface area (Å²) in [5, 5.41) is 0. The summed E-state index contributed by atoms with van der Waals surface area (Å²) in [6, 6.07) is 14.9. The van der Waals surface area contributed by atoms with Crippen LogP contribution in [0.4, 0.5) is 0 Å². The standard InChI is InChI=1S/C27H24N2O7/c1-16-14-22(17(2)29(16)19-10-8-18(9-11-19)27(34)35-3)23(30)15-36-24(31)12-13-28-25(32)20-6-4-5-7-21(20)26(28)33/h4-11,14H,12-13,15H2,1-3H3. The zero-order valence-corrected chi connectivity index (χ0v) is 20.1. The molecule has 9 nitrogen and oxygen atoms in total. The van der Waals surface area contributed by atoms with Gasteiger partial charge in [0.25, 0.3) is 11.8 Å². The largest absolute Gasteiger partial charge is 0.465 e. The van der Waals surface area contributed by atoms with Crippen LogP contribution in [0.15, 0.2) is 54.6 Å². The second-order valence-corrected chi connectivity index (χ2v) is 8.30. The number of carbonyl (C=O) groups is 5. The molecule has 36 heavy (non-hydrogen) atoms. The number of hydrogen-bond acceptors (Lipinski definition) is 7. The first-order chi connectivity index (χ1) is 17.2. The van der Waals surface area contributed by atoms with Crippen LogP contribution in [-0.4, -0.2) is 59.3 Å². The molecule has 0 atom stereocenters. The van der Waals surface area contributed by atoms with Crippen LogP contribution in [0.5, 0.6) is 0 Å². The lowest BCUT2D eigenvalue weighted by atomic mass is 10.1. The van der Waals surface area contributed by atoms with Gasteiger partial charge in [0, 0.05) is 29.2 Å². The quantitative estimate of drug-likeness (QED) is 0.272. The minimum absolute atomic E-state index is 0.130. The van der Waals surface area contributed by atoms with E-state index in [1.165, 1.54) is 7.11 Å². The molecule has 0 bridgehead atoms. The van der Waals surface area contributed by atoms with E-state index in [0.29, 0.717) is 27.9 Å². The molecule has 0 saturated carbocycles. The SMILES string of the molecule is COC(=O)c1ccc(-n2c(C)cc(C(=O)COC(=O)CCN3C(=O)c4ccccc4C3=O)c2C)cc1. The lowest BCUT2D eigenvalue weighted by Crippen LogP contribution is -2.32. The number of methoxy groups -OCH3 is 1. The molecular weight excluding hydrogens is 464 g/mol. The Balaban J connectivity index is 1.36. The molecule has 9 heteroatoms. The maximum Gasteiger partial charge on any atom is 0.337 e. The maximum atomic E-state index is 12.8. The Morgan fingerprint density at radius 1 is 0.889 bits per heavy atom. The number of aromatic nitrogens is 1. The van der Waals surface area contributed by atoms with Gasteiger partial charge in [0.05, 0.1) is 30.2 Å². The molecule has 184 valence electrons. The van der Waals surface area contributed by atoms with Crippen molar-refractivity contribution in [3.63, 3.8) is 0 Å². The Morgan fingerprint density at radius 2 is 1.50 bits per heavy atom. The number of ether oxygens (including phenoxy) is 2. The summed E-state index contributed by atoms with van der Waals surface area (Å²) in [6.07, 6.45) is -0.218. The predicted molar refractivity (Wildman–Crippen MR) is 128 cm³/mol. The second-order valence-electron chi connectivity index (χ2n) is 8.30. The number of Topliss-reactive ketones (excluding diaryl/α,β-unsaturated/α-hetero) is 1. The maximum absolute atomic E-state index is 12.8. The summed E-state index contributed by atoms with van der Waals surface area (Å²) in [5.74, 6) is -2.41. The number of fused-ring (bicyclic) bond motifs is 1. The van der Waals surface area contributed by atoms with E-state index < -0.39 is 30.4 Å². The zero-order valence-electron chi connectivity index (χ0n) is 20.1. The number of hydrogen-bond donors (Lipinski definition) is 0. The third-order valence-corrected chi connectivity index (χ3v) is 6.06. The van der Waals surface area contributed by atoms with E-state index in [0.717, 1.165) is 16.3 Å². The van der Waals surface area contributed by atoms with E-state index >= 15 is 0 Å². The molecule has 2 aromatic carbocycles. The van der Waals surface area contributed by atoms with Crippen molar-refractivity contribution in [2.45, 2.75) is 20.3 Å². The fourth-order valence-electron chi connectivity index (χ4n) is 4.25. The Hall–Kier alpha value is -4.53. The Labute approximate surface area is 207 Å². The van der Waals surface area contributed by atoms with Crippen LogP contribution in [-0.2, 0) is 14.3 Å². The summed E-state index contributed by atoms with van der Waals surface area (Å²) in [5.41, 5.74) is 3.63. The zero-order chi connectivity index (χ0) is 26.0. The summed E-state index contributed by atoms with van der Waals surface area (Å²) in [7, 11) is 1.31. The highest BCUT2D eigenvalue weighted by atomic mass is 16.5. The van der Waals surface area contributed by atoms with Crippen molar-refractivity contribution in [3.8, 4) is 5.69 Å². The predicted octanol–water partition coefficient (Wildman–Crippen LogP) is 3.29. The molecule has 1 aliphatic rings. The van der Waals surface area contributed by atoms with Gasteiger partial charge >= 0.3 is 11.9 Å². The smallest absolute Gasteiger partial charge is 0.337 e. The number of rotatable bonds is 8. The normalized spacial score (nSPS) is 12.5. The minimum Gasteiger partial charge on any atom is -0.465 e. The van der Waals surface area contributed by atoms with Gasteiger partial charge in [-0.15, -0.1) is 0 Å². The lowest BCUT2D eigenvalue weighted by molar-refractivity contribution is -0.142. The van der Waals surface area contributed by atoms with Gasteiger partial charge < -0.3 is 14.0 Å². The molecule has 0 fully saturated rings. The number of carbonyl (C=O) groups excluding carboxylic acids is 5. The molecule has 1 aromatic heterocycles. The van der Waals surface area contributed by atoms with Gasteiger partial charge in [-0.1, -0.05) is 12.1 Å². The van der Waals surface area contributed by atoms with Crippen LogP contribution < -0.4 is 0 Å². The number of nitrogens with zero attached hydrogens (tertiary/aromatic N) is 2. The van der Waals surface area contributed by atoms with Gasteiger partial charge in [-0.25, -0.2) is 4.79 Å². The van der Waals surface area contributed by atoms with Crippen LogP contribution in [0.2, 0.25) is 0 Å². The Kier molecular flexibility index (Phi) is 6.82. The molecule has 0 radical (unpaired) electrons. The molecule has 0 spiro atoms.